The van der Waals surface area contributed by atoms with E-state index in [0.717, 1.165) is 12.8 Å². The molecule has 7 nitrogen and oxygen atoms in total. The van der Waals surface area contributed by atoms with Crippen molar-refractivity contribution in [1.82, 2.24) is 9.62 Å². The molecule has 3 rings (SSSR count). The molecule has 0 radical (unpaired) electrons. The minimum absolute atomic E-state index is 0.0300. The van der Waals surface area contributed by atoms with Crippen LogP contribution in [-0.4, -0.2) is 57.6 Å². The van der Waals surface area contributed by atoms with Crippen LogP contribution in [0.1, 0.15) is 18.9 Å². The van der Waals surface area contributed by atoms with Crippen LogP contribution < -0.4 is 10.1 Å². The summed E-state index contributed by atoms with van der Waals surface area (Å²) in [5, 5.41) is 2.92. The van der Waals surface area contributed by atoms with E-state index in [0.29, 0.717) is 32.1 Å². The SMILES string of the molecule is C[C@@H](CCc1ccccc1)NC(=O)COc1ccc(S(=O)(=O)N2CCOCC2)cc1. The molecule has 1 atom stereocenters. The highest BCUT2D eigenvalue weighted by Gasteiger charge is 2.26. The highest BCUT2D eigenvalue weighted by molar-refractivity contribution is 7.89. The Kier molecular flexibility index (Phi) is 7.84. The third kappa shape index (κ3) is 6.29. The molecule has 1 heterocycles. The van der Waals surface area contributed by atoms with Crippen molar-refractivity contribution in [2.75, 3.05) is 32.9 Å². The summed E-state index contributed by atoms with van der Waals surface area (Å²) in [7, 11) is -3.54. The molecule has 1 fully saturated rings. The summed E-state index contributed by atoms with van der Waals surface area (Å²) in [6.45, 7) is 3.35. The van der Waals surface area contributed by atoms with Gasteiger partial charge in [-0.3, -0.25) is 4.79 Å². The van der Waals surface area contributed by atoms with Crippen molar-refractivity contribution in [3.8, 4) is 5.75 Å². The van der Waals surface area contributed by atoms with E-state index < -0.39 is 10.0 Å². The summed E-state index contributed by atoms with van der Waals surface area (Å²) in [6, 6.07) is 16.3. The smallest absolute Gasteiger partial charge is 0.258 e. The van der Waals surface area contributed by atoms with Crippen molar-refractivity contribution in [1.29, 1.82) is 0 Å². The molecule has 2 aromatic rings. The topological polar surface area (TPSA) is 84.9 Å². The van der Waals surface area contributed by atoms with Crippen LogP contribution in [0.3, 0.4) is 0 Å². The first-order chi connectivity index (χ1) is 14.4. The first-order valence-electron chi connectivity index (χ1n) is 10.1. The quantitative estimate of drug-likeness (QED) is 0.657. The largest absolute Gasteiger partial charge is 0.484 e. The minimum Gasteiger partial charge on any atom is -0.484 e. The zero-order chi connectivity index (χ0) is 21.4. The second-order valence-corrected chi connectivity index (χ2v) is 9.21. The number of carbonyl (C=O) groups excluding carboxylic acids is 1. The number of ether oxygens (including phenoxy) is 2. The first-order valence-corrected chi connectivity index (χ1v) is 11.5. The summed E-state index contributed by atoms with van der Waals surface area (Å²) in [5.41, 5.74) is 1.24. The van der Waals surface area contributed by atoms with E-state index in [1.165, 1.54) is 22.0 Å². The molecule has 0 aliphatic carbocycles. The maximum atomic E-state index is 12.6. The third-order valence-corrected chi connectivity index (χ3v) is 6.83. The number of morpholine rings is 1. The molecule has 162 valence electrons. The summed E-state index contributed by atoms with van der Waals surface area (Å²) in [4.78, 5) is 12.3. The molecule has 1 N–H and O–H groups in total. The summed E-state index contributed by atoms with van der Waals surface area (Å²) in [5.74, 6) is 0.239. The van der Waals surface area contributed by atoms with Gasteiger partial charge in [-0.2, -0.15) is 4.31 Å². The lowest BCUT2D eigenvalue weighted by Gasteiger charge is -2.26. The van der Waals surface area contributed by atoms with Gasteiger partial charge in [-0.1, -0.05) is 30.3 Å². The Bertz CT molecular complexity index is 910. The number of amides is 1. The lowest BCUT2D eigenvalue weighted by Crippen LogP contribution is -2.40. The summed E-state index contributed by atoms with van der Waals surface area (Å²) >= 11 is 0. The van der Waals surface area contributed by atoms with Crippen molar-refractivity contribution in [2.24, 2.45) is 0 Å². The molecule has 2 aromatic carbocycles. The van der Waals surface area contributed by atoms with Crippen molar-refractivity contribution >= 4 is 15.9 Å². The molecule has 30 heavy (non-hydrogen) atoms. The molecule has 0 spiro atoms. The Hall–Kier alpha value is -2.42. The van der Waals surface area contributed by atoms with Crippen molar-refractivity contribution in [3.05, 3.63) is 60.2 Å². The standard InChI is InChI=1S/C22H28N2O5S/c1-18(7-8-19-5-3-2-4-6-19)23-22(25)17-29-20-9-11-21(12-10-20)30(26,27)24-13-15-28-16-14-24/h2-6,9-12,18H,7-8,13-17H2,1H3,(H,23,25)/t18-/m0/s1. The predicted molar refractivity (Wildman–Crippen MR) is 114 cm³/mol. The Labute approximate surface area is 178 Å². The fraction of sp³-hybridized carbons (Fsp3) is 0.409. The lowest BCUT2D eigenvalue weighted by atomic mass is 10.1. The Balaban J connectivity index is 1.44. The van der Waals surface area contributed by atoms with E-state index in [1.807, 2.05) is 25.1 Å². The molecule has 1 amide bonds. The van der Waals surface area contributed by atoms with E-state index >= 15 is 0 Å². The average molecular weight is 433 g/mol. The van der Waals surface area contributed by atoms with Crippen LogP contribution in [0.5, 0.6) is 5.75 Å². The van der Waals surface area contributed by atoms with E-state index in [1.54, 1.807) is 12.1 Å². The molecule has 0 unspecified atom stereocenters. The lowest BCUT2D eigenvalue weighted by molar-refractivity contribution is -0.123. The number of nitrogens with zero attached hydrogens (tertiary/aromatic N) is 1. The van der Waals surface area contributed by atoms with E-state index in [4.69, 9.17) is 9.47 Å². The third-order valence-electron chi connectivity index (χ3n) is 4.92. The Morgan fingerprint density at radius 2 is 1.77 bits per heavy atom. The molecular formula is C22H28N2O5S. The van der Waals surface area contributed by atoms with E-state index in [9.17, 15) is 13.2 Å². The highest BCUT2D eigenvalue weighted by atomic mass is 32.2. The summed E-state index contributed by atoms with van der Waals surface area (Å²) < 4.78 is 37.4. The van der Waals surface area contributed by atoms with Crippen LogP contribution in [-0.2, 0) is 26.0 Å². The molecule has 0 aromatic heterocycles. The number of benzene rings is 2. The zero-order valence-electron chi connectivity index (χ0n) is 17.1. The number of nitrogens with one attached hydrogen (secondary N) is 1. The number of aryl methyl sites for hydroxylation is 1. The minimum atomic E-state index is -3.54. The van der Waals surface area contributed by atoms with Gasteiger partial charge >= 0.3 is 0 Å². The van der Waals surface area contributed by atoms with Gasteiger partial charge in [0.05, 0.1) is 18.1 Å². The van der Waals surface area contributed by atoms with Crippen LogP contribution in [0, 0.1) is 0 Å². The number of sulfonamides is 1. The molecule has 1 saturated heterocycles. The van der Waals surface area contributed by atoms with E-state index in [2.05, 4.69) is 17.4 Å². The Morgan fingerprint density at radius 1 is 1.10 bits per heavy atom. The number of hydrogen-bond acceptors (Lipinski definition) is 5. The van der Waals surface area contributed by atoms with Gasteiger partial charge in [0, 0.05) is 19.1 Å². The van der Waals surface area contributed by atoms with Gasteiger partial charge in [-0.15, -0.1) is 0 Å². The molecule has 0 saturated carbocycles. The number of carbonyl (C=O) groups is 1. The van der Waals surface area contributed by atoms with Crippen LogP contribution in [0.25, 0.3) is 0 Å². The van der Waals surface area contributed by atoms with Crippen LogP contribution in [0.4, 0.5) is 0 Å². The van der Waals surface area contributed by atoms with Crippen LogP contribution >= 0.6 is 0 Å². The highest BCUT2D eigenvalue weighted by Crippen LogP contribution is 2.20. The van der Waals surface area contributed by atoms with Gasteiger partial charge in [-0.05, 0) is 49.6 Å². The van der Waals surface area contributed by atoms with Crippen molar-refractivity contribution < 1.29 is 22.7 Å². The monoisotopic (exact) mass is 432 g/mol. The van der Waals surface area contributed by atoms with Gasteiger partial charge in [-0.25, -0.2) is 8.42 Å². The van der Waals surface area contributed by atoms with Gasteiger partial charge in [0.1, 0.15) is 5.75 Å². The Morgan fingerprint density at radius 3 is 2.43 bits per heavy atom. The van der Waals surface area contributed by atoms with Crippen LogP contribution in [0.15, 0.2) is 59.5 Å². The fourth-order valence-corrected chi connectivity index (χ4v) is 4.62. The zero-order valence-corrected chi connectivity index (χ0v) is 17.9. The summed E-state index contributed by atoms with van der Waals surface area (Å²) in [6.07, 6.45) is 1.73. The van der Waals surface area contributed by atoms with Gasteiger partial charge in [0.2, 0.25) is 10.0 Å². The van der Waals surface area contributed by atoms with E-state index in [-0.39, 0.29) is 23.5 Å². The second kappa shape index (κ2) is 10.6. The maximum absolute atomic E-state index is 12.6. The average Bonchev–Trinajstić information content (AvgIpc) is 2.78. The fourth-order valence-electron chi connectivity index (χ4n) is 3.21. The van der Waals surface area contributed by atoms with Crippen LogP contribution in [0.2, 0.25) is 0 Å². The van der Waals surface area contributed by atoms with Gasteiger partial charge in [0.15, 0.2) is 6.61 Å². The molecule has 8 heteroatoms. The molecule has 1 aliphatic heterocycles. The second-order valence-electron chi connectivity index (χ2n) is 7.27. The predicted octanol–water partition coefficient (Wildman–Crippen LogP) is 2.22. The van der Waals surface area contributed by atoms with Gasteiger partial charge < -0.3 is 14.8 Å². The molecular weight excluding hydrogens is 404 g/mol. The molecule has 1 aliphatic rings. The first kappa shape index (κ1) is 22.3. The molecule has 0 bridgehead atoms. The van der Waals surface area contributed by atoms with Gasteiger partial charge in [0.25, 0.3) is 5.91 Å². The number of rotatable bonds is 9. The van der Waals surface area contributed by atoms with Crippen molar-refractivity contribution in [2.45, 2.75) is 30.7 Å². The number of hydrogen-bond donors (Lipinski definition) is 1. The normalized spacial score (nSPS) is 16.0. The van der Waals surface area contributed by atoms with Crippen molar-refractivity contribution in [3.63, 3.8) is 0 Å². The maximum Gasteiger partial charge on any atom is 0.258 e.